The van der Waals surface area contributed by atoms with Crippen LogP contribution >= 0.6 is 11.3 Å². The standard InChI is InChI=1S/C27H38N4O4S2/c1-6-10-18-30(9-4)37(33,34)22-16-14-21(15-17-22)26(32)31(20-19-29(7-2)8-3)27-28-25-23(35-5)12-11-13-24(25)36-27/h11-17H,6-10,18-20H2,1-5H3. The van der Waals surface area contributed by atoms with Crippen LogP contribution in [0.3, 0.4) is 0 Å². The van der Waals surface area contributed by atoms with Crippen molar-refractivity contribution in [1.82, 2.24) is 14.2 Å². The lowest BCUT2D eigenvalue weighted by atomic mass is 10.2. The summed E-state index contributed by atoms with van der Waals surface area (Å²) in [6.45, 7) is 11.9. The smallest absolute Gasteiger partial charge is 0.260 e. The van der Waals surface area contributed by atoms with Crippen molar-refractivity contribution in [2.45, 2.75) is 45.4 Å². The van der Waals surface area contributed by atoms with Gasteiger partial charge in [-0.25, -0.2) is 13.4 Å². The van der Waals surface area contributed by atoms with Crippen molar-refractivity contribution < 1.29 is 17.9 Å². The van der Waals surface area contributed by atoms with Crippen molar-refractivity contribution in [2.24, 2.45) is 0 Å². The molecule has 1 aromatic heterocycles. The number of amides is 1. The number of fused-ring (bicyclic) bond motifs is 1. The minimum absolute atomic E-state index is 0.196. The zero-order chi connectivity index (χ0) is 27.0. The molecule has 0 unspecified atom stereocenters. The molecule has 37 heavy (non-hydrogen) atoms. The van der Waals surface area contributed by atoms with E-state index >= 15 is 0 Å². The van der Waals surface area contributed by atoms with Crippen LogP contribution in [0.25, 0.3) is 10.2 Å². The maximum absolute atomic E-state index is 13.7. The molecule has 3 aromatic rings. The number of ether oxygens (including phenoxy) is 1. The first kappa shape index (κ1) is 29.0. The second kappa shape index (κ2) is 13.3. The highest BCUT2D eigenvalue weighted by atomic mass is 32.2. The number of anilines is 1. The highest BCUT2D eigenvalue weighted by Gasteiger charge is 2.25. The van der Waals surface area contributed by atoms with E-state index in [1.165, 1.54) is 27.8 Å². The maximum atomic E-state index is 13.7. The van der Waals surface area contributed by atoms with Crippen molar-refractivity contribution in [2.75, 3.05) is 51.3 Å². The molecule has 3 rings (SSSR count). The Bertz CT molecular complexity index is 1270. The van der Waals surface area contributed by atoms with Gasteiger partial charge in [0.2, 0.25) is 10.0 Å². The van der Waals surface area contributed by atoms with Crippen LogP contribution in [0.15, 0.2) is 47.4 Å². The summed E-state index contributed by atoms with van der Waals surface area (Å²) < 4.78 is 34.1. The summed E-state index contributed by atoms with van der Waals surface area (Å²) in [6.07, 6.45) is 1.72. The summed E-state index contributed by atoms with van der Waals surface area (Å²) in [5.74, 6) is 0.446. The Morgan fingerprint density at radius 3 is 2.24 bits per heavy atom. The third-order valence-electron chi connectivity index (χ3n) is 6.45. The zero-order valence-electron chi connectivity index (χ0n) is 22.4. The fraction of sp³-hybridized carbons (Fsp3) is 0.481. The number of para-hydroxylation sites is 1. The van der Waals surface area contributed by atoms with Crippen LogP contribution in [0, 0.1) is 0 Å². The van der Waals surface area contributed by atoms with E-state index in [1.54, 1.807) is 24.1 Å². The molecule has 0 fully saturated rings. The number of aromatic nitrogens is 1. The van der Waals surface area contributed by atoms with E-state index in [-0.39, 0.29) is 10.8 Å². The van der Waals surface area contributed by atoms with E-state index in [0.29, 0.717) is 42.6 Å². The summed E-state index contributed by atoms with van der Waals surface area (Å²) in [6, 6.07) is 12.0. The van der Waals surface area contributed by atoms with Gasteiger partial charge < -0.3 is 9.64 Å². The van der Waals surface area contributed by atoms with Gasteiger partial charge in [0, 0.05) is 31.7 Å². The number of sulfonamides is 1. The van der Waals surface area contributed by atoms with Gasteiger partial charge in [0.15, 0.2) is 5.13 Å². The van der Waals surface area contributed by atoms with Gasteiger partial charge in [0.25, 0.3) is 5.91 Å². The van der Waals surface area contributed by atoms with Crippen LogP contribution in [0.2, 0.25) is 0 Å². The van der Waals surface area contributed by atoms with Crippen LogP contribution < -0.4 is 9.64 Å². The molecular weight excluding hydrogens is 508 g/mol. The van der Waals surface area contributed by atoms with Crippen molar-refractivity contribution in [3.05, 3.63) is 48.0 Å². The summed E-state index contributed by atoms with van der Waals surface area (Å²) in [5, 5.41) is 0.588. The number of thiazole rings is 1. The highest BCUT2D eigenvalue weighted by molar-refractivity contribution is 7.89. The van der Waals surface area contributed by atoms with E-state index in [4.69, 9.17) is 9.72 Å². The average Bonchev–Trinajstić information content (AvgIpc) is 3.35. The topological polar surface area (TPSA) is 83.1 Å². The number of methoxy groups -OCH3 is 1. The molecule has 1 heterocycles. The third kappa shape index (κ3) is 6.67. The summed E-state index contributed by atoms with van der Waals surface area (Å²) in [7, 11) is -2.01. The average molecular weight is 547 g/mol. The highest BCUT2D eigenvalue weighted by Crippen LogP contribution is 2.34. The van der Waals surface area contributed by atoms with E-state index in [9.17, 15) is 13.2 Å². The molecule has 202 valence electrons. The van der Waals surface area contributed by atoms with E-state index in [1.807, 2.05) is 32.0 Å². The summed E-state index contributed by atoms with van der Waals surface area (Å²) in [5.41, 5.74) is 1.14. The molecule has 8 nitrogen and oxygen atoms in total. The van der Waals surface area contributed by atoms with Crippen molar-refractivity contribution in [1.29, 1.82) is 0 Å². The number of hydrogen-bond donors (Lipinski definition) is 0. The Balaban J connectivity index is 1.93. The monoisotopic (exact) mass is 546 g/mol. The van der Waals surface area contributed by atoms with E-state index in [2.05, 4.69) is 18.7 Å². The van der Waals surface area contributed by atoms with Gasteiger partial charge in [-0.3, -0.25) is 9.69 Å². The second-order valence-electron chi connectivity index (χ2n) is 8.66. The van der Waals surface area contributed by atoms with Crippen molar-refractivity contribution >= 4 is 42.6 Å². The number of nitrogens with zero attached hydrogens (tertiary/aromatic N) is 4. The number of carbonyl (C=O) groups excluding carboxylic acids is 1. The molecular formula is C27H38N4O4S2. The number of likely N-dealkylation sites (N-methyl/N-ethyl adjacent to an activating group) is 1. The molecule has 0 N–H and O–H groups in total. The molecule has 0 atom stereocenters. The first-order valence-electron chi connectivity index (χ1n) is 12.9. The van der Waals surface area contributed by atoms with Gasteiger partial charge in [-0.1, -0.05) is 51.5 Å². The molecule has 1 amide bonds. The molecule has 2 aromatic carbocycles. The molecule has 0 saturated heterocycles. The van der Waals surface area contributed by atoms with E-state index < -0.39 is 10.0 Å². The van der Waals surface area contributed by atoms with Gasteiger partial charge in [-0.15, -0.1) is 0 Å². The first-order chi connectivity index (χ1) is 17.8. The number of benzene rings is 2. The molecule has 0 radical (unpaired) electrons. The van der Waals surface area contributed by atoms with Crippen LogP contribution in [0.4, 0.5) is 5.13 Å². The Morgan fingerprint density at radius 1 is 0.946 bits per heavy atom. The minimum Gasteiger partial charge on any atom is -0.494 e. The Hall–Kier alpha value is -2.53. The molecule has 0 aliphatic heterocycles. The SMILES string of the molecule is CCCCN(CC)S(=O)(=O)c1ccc(C(=O)N(CCN(CC)CC)c2nc3c(OC)cccc3s2)cc1. The summed E-state index contributed by atoms with van der Waals surface area (Å²) >= 11 is 1.44. The normalized spacial score (nSPS) is 12.0. The molecule has 0 spiro atoms. The lowest BCUT2D eigenvalue weighted by Gasteiger charge is -2.25. The van der Waals surface area contributed by atoms with E-state index in [0.717, 1.165) is 36.1 Å². The lowest BCUT2D eigenvalue weighted by Crippen LogP contribution is -2.39. The second-order valence-corrected chi connectivity index (χ2v) is 11.6. The first-order valence-corrected chi connectivity index (χ1v) is 15.1. The quantitative estimate of drug-likeness (QED) is 0.280. The maximum Gasteiger partial charge on any atom is 0.260 e. The van der Waals surface area contributed by atoms with Crippen molar-refractivity contribution in [3.63, 3.8) is 0 Å². The van der Waals surface area contributed by atoms with Gasteiger partial charge in [-0.05, 0) is 55.9 Å². The Labute approximate surface area is 224 Å². The minimum atomic E-state index is -3.61. The Morgan fingerprint density at radius 2 is 1.65 bits per heavy atom. The van der Waals surface area contributed by atoms with Crippen LogP contribution in [0.1, 0.15) is 50.9 Å². The van der Waals surface area contributed by atoms with Gasteiger partial charge in [-0.2, -0.15) is 4.31 Å². The molecule has 0 aliphatic rings. The van der Waals surface area contributed by atoms with Crippen LogP contribution in [0.5, 0.6) is 5.75 Å². The predicted octanol–water partition coefficient (Wildman–Crippen LogP) is 5.10. The molecule has 0 saturated carbocycles. The zero-order valence-corrected chi connectivity index (χ0v) is 24.1. The van der Waals surface area contributed by atoms with Gasteiger partial charge in [0.05, 0.1) is 16.7 Å². The molecule has 0 aliphatic carbocycles. The fourth-order valence-corrected chi connectivity index (χ4v) is 6.61. The number of hydrogen-bond acceptors (Lipinski definition) is 7. The predicted molar refractivity (Wildman–Crippen MR) is 151 cm³/mol. The summed E-state index contributed by atoms with van der Waals surface area (Å²) in [4.78, 5) is 22.6. The van der Waals surface area contributed by atoms with Crippen molar-refractivity contribution in [3.8, 4) is 5.75 Å². The number of unbranched alkanes of at least 4 members (excludes halogenated alkanes) is 1. The number of carbonyl (C=O) groups is 1. The van der Waals surface area contributed by atoms with Gasteiger partial charge >= 0.3 is 0 Å². The third-order valence-corrected chi connectivity index (χ3v) is 9.49. The van der Waals surface area contributed by atoms with Crippen LogP contribution in [-0.4, -0.2) is 74.9 Å². The molecule has 10 heteroatoms. The van der Waals surface area contributed by atoms with Gasteiger partial charge in [0.1, 0.15) is 11.3 Å². The molecule has 0 bridgehead atoms. The Kier molecular flexibility index (Phi) is 10.5. The number of rotatable bonds is 14. The largest absolute Gasteiger partial charge is 0.494 e. The fourth-order valence-electron chi connectivity index (χ4n) is 4.11. The van der Waals surface area contributed by atoms with Crippen LogP contribution in [-0.2, 0) is 10.0 Å². The lowest BCUT2D eigenvalue weighted by molar-refractivity contribution is 0.0983.